The highest BCUT2D eigenvalue weighted by atomic mass is 16.7. The molecule has 0 spiro atoms. The molecular weight excluding hydrogens is 250 g/mol. The van der Waals surface area contributed by atoms with Crippen molar-refractivity contribution in [1.29, 1.82) is 0 Å². The Morgan fingerprint density at radius 3 is 2.10 bits per heavy atom. The summed E-state index contributed by atoms with van der Waals surface area (Å²) in [5, 5.41) is 0. The Morgan fingerprint density at radius 2 is 1.55 bits per heavy atom. The molecule has 0 heterocycles. The Balaban J connectivity index is 1.99. The van der Waals surface area contributed by atoms with Crippen LogP contribution < -0.4 is 10.3 Å². The van der Waals surface area contributed by atoms with Crippen molar-refractivity contribution in [2.24, 2.45) is 0 Å². The lowest BCUT2D eigenvalue weighted by Crippen LogP contribution is -2.27. The first-order valence-electron chi connectivity index (χ1n) is 6.59. The summed E-state index contributed by atoms with van der Waals surface area (Å²) < 4.78 is 0. The molecule has 3 heteroatoms. The normalized spacial score (nSPS) is 10.9. The number of hydrogen-bond donors (Lipinski definition) is 1. The highest BCUT2D eigenvalue weighted by molar-refractivity contribution is 5.93. The molecule has 3 nitrogen and oxygen atoms in total. The van der Waals surface area contributed by atoms with Crippen molar-refractivity contribution >= 4 is 5.91 Å². The van der Waals surface area contributed by atoms with Crippen LogP contribution in [0.3, 0.4) is 0 Å². The molecule has 0 saturated carbocycles. The molecule has 20 heavy (non-hydrogen) atoms. The summed E-state index contributed by atoms with van der Waals surface area (Å²) in [6, 6.07) is 16.7. The average Bonchev–Trinajstić information content (AvgIpc) is 2.45. The van der Waals surface area contributed by atoms with Gasteiger partial charge in [0.1, 0.15) is 0 Å². The van der Waals surface area contributed by atoms with Crippen LogP contribution in [-0.2, 0) is 5.41 Å². The molecule has 0 fully saturated rings. The molecule has 2 rings (SSSR count). The number of nitrogens with one attached hydrogen (secondary N) is 1. The van der Waals surface area contributed by atoms with Crippen LogP contribution in [0.2, 0.25) is 0 Å². The molecule has 1 N–H and O–H groups in total. The molecule has 0 saturated heterocycles. The molecule has 0 aliphatic carbocycles. The first-order valence-corrected chi connectivity index (χ1v) is 6.59. The van der Waals surface area contributed by atoms with Crippen molar-refractivity contribution in [3.8, 4) is 5.75 Å². The van der Waals surface area contributed by atoms with Gasteiger partial charge in [-0.15, -0.1) is 0 Å². The van der Waals surface area contributed by atoms with Crippen molar-refractivity contribution in [2.75, 3.05) is 0 Å². The van der Waals surface area contributed by atoms with Gasteiger partial charge in [-0.3, -0.25) is 4.79 Å². The molecule has 0 bridgehead atoms. The maximum Gasteiger partial charge on any atom is 0.283 e. The van der Waals surface area contributed by atoms with Crippen LogP contribution >= 0.6 is 0 Å². The monoisotopic (exact) mass is 269 g/mol. The smallest absolute Gasteiger partial charge is 0.283 e. The third-order valence-corrected chi connectivity index (χ3v) is 3.02. The Morgan fingerprint density at radius 1 is 0.950 bits per heavy atom. The molecular formula is C17H19NO2. The highest BCUT2D eigenvalue weighted by Crippen LogP contribution is 2.22. The summed E-state index contributed by atoms with van der Waals surface area (Å²) in [5.41, 5.74) is 4.28. The molecule has 2 aromatic rings. The van der Waals surface area contributed by atoms with Crippen LogP contribution in [-0.4, -0.2) is 5.91 Å². The standard InChI is InChI=1S/C17H19NO2/c1-17(2,3)14-11-9-13(10-12-14)16(19)18-20-15-7-5-4-6-8-15/h4-12H,1-3H3,(H,18,19). The van der Waals surface area contributed by atoms with E-state index in [1.165, 1.54) is 5.56 Å². The number of hydroxylamine groups is 1. The summed E-state index contributed by atoms with van der Waals surface area (Å²) in [6.45, 7) is 6.42. The van der Waals surface area contributed by atoms with Crippen LogP contribution in [0.25, 0.3) is 0 Å². The van der Waals surface area contributed by atoms with Crippen LogP contribution in [0, 0.1) is 0 Å². The first kappa shape index (κ1) is 14.1. The average molecular weight is 269 g/mol. The van der Waals surface area contributed by atoms with Gasteiger partial charge in [0.05, 0.1) is 0 Å². The van der Waals surface area contributed by atoms with Crippen molar-refractivity contribution in [3.63, 3.8) is 0 Å². The lowest BCUT2D eigenvalue weighted by Gasteiger charge is -2.19. The number of amides is 1. The van der Waals surface area contributed by atoms with Crippen LogP contribution in [0.5, 0.6) is 5.75 Å². The zero-order valence-electron chi connectivity index (χ0n) is 12.0. The minimum absolute atomic E-state index is 0.0789. The quantitative estimate of drug-likeness (QED) is 0.863. The van der Waals surface area contributed by atoms with E-state index in [9.17, 15) is 4.79 Å². The van der Waals surface area contributed by atoms with Gasteiger partial charge >= 0.3 is 0 Å². The van der Waals surface area contributed by atoms with Gasteiger partial charge in [0.2, 0.25) is 0 Å². The van der Waals surface area contributed by atoms with Crippen molar-refractivity contribution in [1.82, 2.24) is 5.48 Å². The zero-order chi connectivity index (χ0) is 14.6. The fraction of sp³-hybridized carbons (Fsp3) is 0.235. The second-order valence-corrected chi connectivity index (χ2v) is 5.67. The van der Waals surface area contributed by atoms with E-state index in [0.29, 0.717) is 11.3 Å². The Bertz CT molecular complexity index is 568. The molecule has 0 aliphatic heterocycles. The molecule has 0 radical (unpaired) electrons. The van der Waals surface area contributed by atoms with Crippen molar-refractivity contribution in [2.45, 2.75) is 26.2 Å². The third kappa shape index (κ3) is 3.60. The number of para-hydroxylation sites is 1. The maximum atomic E-state index is 11.9. The van der Waals surface area contributed by atoms with E-state index in [1.54, 1.807) is 12.1 Å². The van der Waals surface area contributed by atoms with Gasteiger partial charge in [0.25, 0.3) is 5.91 Å². The number of hydrogen-bond acceptors (Lipinski definition) is 2. The molecule has 2 aromatic carbocycles. The minimum Gasteiger partial charge on any atom is -0.379 e. The van der Waals surface area contributed by atoms with E-state index < -0.39 is 0 Å². The van der Waals surface area contributed by atoms with Crippen LogP contribution in [0.1, 0.15) is 36.7 Å². The Hall–Kier alpha value is -2.29. The predicted molar refractivity (Wildman–Crippen MR) is 79.7 cm³/mol. The fourth-order valence-corrected chi connectivity index (χ4v) is 1.77. The Labute approximate surface area is 119 Å². The van der Waals surface area contributed by atoms with E-state index in [0.717, 1.165) is 0 Å². The van der Waals surface area contributed by atoms with Gasteiger partial charge in [-0.25, -0.2) is 0 Å². The molecule has 104 valence electrons. The molecule has 1 amide bonds. The fourth-order valence-electron chi connectivity index (χ4n) is 1.77. The number of benzene rings is 2. The second kappa shape index (κ2) is 5.78. The van der Waals surface area contributed by atoms with Gasteiger partial charge in [0, 0.05) is 5.56 Å². The molecule has 0 aromatic heterocycles. The molecule has 0 unspecified atom stereocenters. The summed E-state index contributed by atoms with van der Waals surface area (Å²) in [4.78, 5) is 17.2. The maximum absolute atomic E-state index is 11.9. The van der Waals surface area contributed by atoms with E-state index in [1.807, 2.05) is 42.5 Å². The summed E-state index contributed by atoms with van der Waals surface area (Å²) >= 11 is 0. The number of carbonyl (C=O) groups is 1. The lowest BCUT2D eigenvalue weighted by molar-refractivity contribution is 0.0760. The van der Waals surface area contributed by atoms with E-state index in [2.05, 4.69) is 26.3 Å². The summed E-state index contributed by atoms with van der Waals surface area (Å²) in [6.07, 6.45) is 0. The van der Waals surface area contributed by atoms with Gasteiger partial charge in [-0.05, 0) is 35.2 Å². The van der Waals surface area contributed by atoms with Gasteiger partial charge < -0.3 is 4.84 Å². The van der Waals surface area contributed by atoms with E-state index >= 15 is 0 Å². The molecule has 0 atom stereocenters. The van der Waals surface area contributed by atoms with Gasteiger partial charge in [0.15, 0.2) is 5.75 Å². The van der Waals surface area contributed by atoms with Crippen LogP contribution in [0.15, 0.2) is 54.6 Å². The molecule has 0 aliphatic rings. The first-order chi connectivity index (χ1) is 9.47. The highest BCUT2D eigenvalue weighted by Gasteiger charge is 2.14. The second-order valence-electron chi connectivity index (χ2n) is 5.67. The number of rotatable bonds is 3. The third-order valence-electron chi connectivity index (χ3n) is 3.02. The SMILES string of the molecule is CC(C)(C)c1ccc(C(=O)NOc2ccccc2)cc1. The largest absolute Gasteiger partial charge is 0.379 e. The Kier molecular flexibility index (Phi) is 4.08. The van der Waals surface area contributed by atoms with Crippen molar-refractivity contribution < 1.29 is 9.63 Å². The van der Waals surface area contributed by atoms with Crippen LogP contribution in [0.4, 0.5) is 0 Å². The summed E-state index contributed by atoms with van der Waals surface area (Å²) in [5.74, 6) is 0.349. The van der Waals surface area contributed by atoms with E-state index in [-0.39, 0.29) is 11.3 Å². The lowest BCUT2D eigenvalue weighted by atomic mass is 9.87. The number of carbonyl (C=O) groups excluding carboxylic acids is 1. The van der Waals surface area contributed by atoms with E-state index in [4.69, 9.17) is 4.84 Å². The van der Waals surface area contributed by atoms with Gasteiger partial charge in [-0.1, -0.05) is 51.1 Å². The summed E-state index contributed by atoms with van der Waals surface area (Å²) in [7, 11) is 0. The topological polar surface area (TPSA) is 38.3 Å². The predicted octanol–water partition coefficient (Wildman–Crippen LogP) is 3.71. The zero-order valence-corrected chi connectivity index (χ0v) is 12.0. The van der Waals surface area contributed by atoms with Gasteiger partial charge in [-0.2, -0.15) is 5.48 Å². The minimum atomic E-state index is -0.255. The van der Waals surface area contributed by atoms with Crippen molar-refractivity contribution in [3.05, 3.63) is 65.7 Å².